The Bertz CT molecular complexity index is 891. The zero-order chi connectivity index (χ0) is 20.8. The van der Waals surface area contributed by atoms with Gasteiger partial charge in [0.25, 0.3) is 5.91 Å². The minimum absolute atomic E-state index is 0.131. The van der Waals surface area contributed by atoms with Crippen molar-refractivity contribution in [3.05, 3.63) is 53.1 Å². The average Bonchev–Trinajstić information content (AvgIpc) is 2.74. The number of hydrogen-bond donors (Lipinski definition) is 1. The summed E-state index contributed by atoms with van der Waals surface area (Å²) < 4.78 is 15.8. The predicted octanol–water partition coefficient (Wildman–Crippen LogP) is 2.94. The molecule has 0 unspecified atom stereocenters. The number of methoxy groups -OCH3 is 1. The second-order valence-corrected chi connectivity index (χ2v) is 6.91. The minimum atomic E-state index is -0.458. The Balaban J connectivity index is 1.74. The Morgan fingerprint density at radius 1 is 1.07 bits per heavy atom. The van der Waals surface area contributed by atoms with Gasteiger partial charge in [-0.1, -0.05) is 6.07 Å². The quantitative estimate of drug-likeness (QED) is 0.754. The van der Waals surface area contributed by atoms with Gasteiger partial charge in [-0.15, -0.1) is 0 Å². The predicted molar refractivity (Wildman–Crippen MR) is 111 cm³/mol. The Morgan fingerprint density at radius 3 is 2.52 bits per heavy atom. The molecule has 0 aromatic heterocycles. The van der Waals surface area contributed by atoms with Crippen LogP contribution in [0.3, 0.4) is 0 Å². The molecule has 7 nitrogen and oxygen atoms in total. The number of ether oxygens (including phenoxy) is 3. The van der Waals surface area contributed by atoms with Crippen LogP contribution in [0.2, 0.25) is 0 Å². The van der Waals surface area contributed by atoms with Gasteiger partial charge in [-0.3, -0.25) is 4.79 Å². The number of aryl methyl sites for hydroxylation is 2. The number of rotatable bonds is 6. The van der Waals surface area contributed by atoms with Gasteiger partial charge in [-0.05, 0) is 55.3 Å². The lowest BCUT2D eigenvalue weighted by atomic mass is 10.1. The summed E-state index contributed by atoms with van der Waals surface area (Å²) in [4.78, 5) is 26.6. The van der Waals surface area contributed by atoms with Crippen molar-refractivity contribution in [2.24, 2.45) is 0 Å². The van der Waals surface area contributed by atoms with Gasteiger partial charge >= 0.3 is 5.97 Å². The number of nitrogens with one attached hydrogen (secondary N) is 1. The number of benzene rings is 2. The first-order chi connectivity index (χ1) is 14.0. The van der Waals surface area contributed by atoms with Crippen LogP contribution >= 0.6 is 0 Å². The van der Waals surface area contributed by atoms with E-state index in [1.165, 1.54) is 7.11 Å². The van der Waals surface area contributed by atoms with Crippen molar-refractivity contribution in [3.8, 4) is 5.75 Å². The van der Waals surface area contributed by atoms with Gasteiger partial charge in [0.05, 0.1) is 37.3 Å². The third-order valence-corrected chi connectivity index (χ3v) is 4.89. The van der Waals surface area contributed by atoms with E-state index in [0.717, 1.165) is 16.8 Å². The molecule has 7 heteroatoms. The molecule has 1 aliphatic heterocycles. The normalized spacial score (nSPS) is 13.7. The summed E-state index contributed by atoms with van der Waals surface area (Å²) in [6.07, 6.45) is 0. The van der Waals surface area contributed by atoms with Crippen LogP contribution in [0, 0.1) is 13.8 Å². The first-order valence-corrected chi connectivity index (χ1v) is 9.53. The third-order valence-electron chi connectivity index (χ3n) is 4.89. The van der Waals surface area contributed by atoms with Crippen molar-refractivity contribution in [2.75, 3.05) is 50.2 Å². The van der Waals surface area contributed by atoms with E-state index in [-0.39, 0.29) is 12.5 Å². The summed E-state index contributed by atoms with van der Waals surface area (Å²) in [6.45, 7) is 6.53. The Kier molecular flexibility index (Phi) is 6.72. The van der Waals surface area contributed by atoms with Crippen LogP contribution in [0.1, 0.15) is 21.5 Å². The number of hydrogen-bond acceptors (Lipinski definition) is 6. The molecule has 0 atom stereocenters. The van der Waals surface area contributed by atoms with E-state index in [4.69, 9.17) is 14.2 Å². The topological polar surface area (TPSA) is 77.1 Å². The van der Waals surface area contributed by atoms with Gasteiger partial charge < -0.3 is 24.4 Å². The van der Waals surface area contributed by atoms with E-state index in [9.17, 15) is 9.59 Å². The molecule has 1 amide bonds. The number of nitrogens with zero attached hydrogens (tertiary/aromatic N) is 1. The van der Waals surface area contributed by atoms with Crippen molar-refractivity contribution < 1.29 is 23.8 Å². The van der Waals surface area contributed by atoms with Crippen LogP contribution in [0.25, 0.3) is 0 Å². The largest absolute Gasteiger partial charge is 0.484 e. The Labute approximate surface area is 170 Å². The molecule has 3 rings (SSSR count). The first-order valence-electron chi connectivity index (χ1n) is 9.53. The number of morpholine rings is 1. The van der Waals surface area contributed by atoms with E-state index in [2.05, 4.69) is 10.2 Å². The summed E-state index contributed by atoms with van der Waals surface area (Å²) in [5.74, 6) is -0.125. The fraction of sp³-hybridized carbons (Fsp3) is 0.364. The van der Waals surface area contributed by atoms with Crippen molar-refractivity contribution in [2.45, 2.75) is 13.8 Å². The molecule has 0 aliphatic carbocycles. The van der Waals surface area contributed by atoms with E-state index < -0.39 is 5.97 Å². The van der Waals surface area contributed by atoms with Gasteiger partial charge in [-0.2, -0.15) is 0 Å². The van der Waals surface area contributed by atoms with Crippen LogP contribution < -0.4 is 15.0 Å². The number of anilines is 2. The molecular weight excluding hydrogens is 372 g/mol. The van der Waals surface area contributed by atoms with Crippen LogP contribution in [-0.2, 0) is 14.3 Å². The lowest BCUT2D eigenvalue weighted by Crippen LogP contribution is -2.37. The number of carbonyl (C=O) groups is 2. The molecule has 154 valence electrons. The van der Waals surface area contributed by atoms with Crippen LogP contribution in [0.4, 0.5) is 11.4 Å². The van der Waals surface area contributed by atoms with Crippen LogP contribution in [0.5, 0.6) is 5.75 Å². The Morgan fingerprint density at radius 2 is 1.83 bits per heavy atom. The fourth-order valence-electron chi connectivity index (χ4n) is 3.10. The molecule has 2 aromatic rings. The first kappa shape index (κ1) is 20.7. The van der Waals surface area contributed by atoms with Crippen molar-refractivity contribution in [3.63, 3.8) is 0 Å². The zero-order valence-corrected chi connectivity index (χ0v) is 17.0. The molecule has 0 spiro atoms. The molecule has 29 heavy (non-hydrogen) atoms. The van der Waals surface area contributed by atoms with Crippen molar-refractivity contribution in [1.29, 1.82) is 0 Å². The molecule has 0 radical (unpaired) electrons. The molecule has 2 aromatic carbocycles. The van der Waals surface area contributed by atoms with Gasteiger partial charge in [0.2, 0.25) is 0 Å². The van der Waals surface area contributed by atoms with Crippen molar-refractivity contribution >= 4 is 23.3 Å². The van der Waals surface area contributed by atoms with E-state index in [1.807, 2.05) is 38.1 Å². The molecule has 1 aliphatic rings. The van der Waals surface area contributed by atoms with E-state index >= 15 is 0 Å². The highest BCUT2D eigenvalue weighted by Crippen LogP contribution is 2.28. The average molecular weight is 398 g/mol. The molecular formula is C22H26N2O5. The monoisotopic (exact) mass is 398 g/mol. The molecule has 1 saturated heterocycles. The summed E-state index contributed by atoms with van der Waals surface area (Å²) in [5, 5.41) is 2.87. The second kappa shape index (κ2) is 9.43. The summed E-state index contributed by atoms with van der Waals surface area (Å²) in [5.41, 5.74) is 4.01. The maximum Gasteiger partial charge on any atom is 0.337 e. The van der Waals surface area contributed by atoms with E-state index in [0.29, 0.717) is 43.3 Å². The van der Waals surface area contributed by atoms with Crippen LogP contribution in [-0.4, -0.2) is 51.9 Å². The molecule has 1 N–H and O–H groups in total. The fourth-order valence-corrected chi connectivity index (χ4v) is 3.10. The molecule has 0 saturated carbocycles. The summed E-state index contributed by atoms with van der Waals surface area (Å²) in [7, 11) is 1.33. The SMILES string of the molecule is COC(=O)c1ccc(N2CCOCC2)c(NC(=O)COc2ccc(C)c(C)c2)c1. The zero-order valence-electron chi connectivity index (χ0n) is 17.0. The minimum Gasteiger partial charge on any atom is -0.484 e. The maximum atomic E-state index is 12.5. The number of amides is 1. The highest BCUT2D eigenvalue weighted by molar-refractivity contribution is 5.98. The third kappa shape index (κ3) is 5.26. The standard InChI is InChI=1S/C22H26N2O5/c1-15-4-6-18(12-16(15)2)29-14-21(25)23-19-13-17(22(26)27-3)5-7-20(19)24-8-10-28-11-9-24/h4-7,12-13H,8-11,14H2,1-3H3,(H,23,25). The number of esters is 1. The molecule has 1 heterocycles. The number of carbonyl (C=O) groups excluding carboxylic acids is 2. The highest BCUT2D eigenvalue weighted by atomic mass is 16.5. The van der Waals surface area contributed by atoms with Gasteiger partial charge in [0.1, 0.15) is 5.75 Å². The Hall–Kier alpha value is -3.06. The van der Waals surface area contributed by atoms with Gasteiger partial charge in [0.15, 0.2) is 6.61 Å². The highest BCUT2D eigenvalue weighted by Gasteiger charge is 2.18. The lowest BCUT2D eigenvalue weighted by molar-refractivity contribution is -0.118. The van der Waals surface area contributed by atoms with Gasteiger partial charge in [0, 0.05) is 13.1 Å². The maximum absolute atomic E-state index is 12.5. The van der Waals surface area contributed by atoms with E-state index in [1.54, 1.807) is 12.1 Å². The smallest absolute Gasteiger partial charge is 0.337 e. The second-order valence-electron chi connectivity index (χ2n) is 6.91. The van der Waals surface area contributed by atoms with Gasteiger partial charge in [-0.25, -0.2) is 4.79 Å². The molecule has 0 bridgehead atoms. The van der Waals surface area contributed by atoms with Crippen LogP contribution in [0.15, 0.2) is 36.4 Å². The summed E-state index contributed by atoms with van der Waals surface area (Å²) in [6, 6.07) is 10.8. The van der Waals surface area contributed by atoms with Crippen molar-refractivity contribution in [1.82, 2.24) is 0 Å². The lowest BCUT2D eigenvalue weighted by Gasteiger charge is -2.30. The summed E-state index contributed by atoms with van der Waals surface area (Å²) >= 11 is 0. The molecule has 1 fully saturated rings.